The fourth-order valence-corrected chi connectivity index (χ4v) is 0.120. The molecule has 1 aliphatic rings. The quantitative estimate of drug-likeness (QED) is 0.222. The highest BCUT2D eigenvalue weighted by molar-refractivity contribution is 6.22. The smallest absolute Gasteiger partial charge is 0.113 e. The number of rotatable bonds is 0. The van der Waals surface area contributed by atoms with Crippen LogP contribution in [0.15, 0.2) is 0 Å². The molecule has 23 valence electrons. The first-order chi connectivity index (χ1) is 1.89. The zero-order valence-electron chi connectivity index (χ0n) is 2.11. The Hall–Kier alpha value is 0.250. The summed E-state index contributed by atoms with van der Waals surface area (Å²) >= 11 is 5.22. The molecular formula is C2H3ClN. The molecule has 1 fully saturated rings. The molecule has 1 heterocycles. The summed E-state index contributed by atoms with van der Waals surface area (Å²) in [5, 5.41) is 3.67. The van der Waals surface area contributed by atoms with Gasteiger partial charge in [-0.05, 0) is 0 Å². The van der Waals surface area contributed by atoms with Gasteiger partial charge in [0.05, 0.1) is 0 Å². The predicted molar refractivity (Wildman–Crippen MR) is 16.6 cm³/mol. The monoisotopic (exact) mass is 76.0 g/mol. The van der Waals surface area contributed by atoms with Crippen molar-refractivity contribution in [3.63, 3.8) is 0 Å². The van der Waals surface area contributed by atoms with Gasteiger partial charge in [0.25, 0.3) is 0 Å². The molecule has 0 aromatic rings. The molecule has 2 heteroatoms. The minimum atomic E-state index is 0.181. The molecule has 1 radical (unpaired) electrons. The van der Waals surface area contributed by atoms with Crippen LogP contribution >= 0.6 is 11.6 Å². The molecule has 0 aliphatic carbocycles. The molecule has 1 saturated heterocycles. The summed E-state index contributed by atoms with van der Waals surface area (Å²) in [7, 11) is 0. The molecule has 1 nitrogen and oxygen atoms in total. The van der Waals surface area contributed by atoms with E-state index in [1.807, 2.05) is 0 Å². The van der Waals surface area contributed by atoms with E-state index in [0.717, 1.165) is 6.54 Å². The van der Waals surface area contributed by atoms with Crippen molar-refractivity contribution in [2.45, 2.75) is 5.50 Å². The summed E-state index contributed by atoms with van der Waals surface area (Å²) in [4.78, 5) is 0. The van der Waals surface area contributed by atoms with E-state index in [0.29, 0.717) is 0 Å². The van der Waals surface area contributed by atoms with E-state index in [1.165, 1.54) is 0 Å². The van der Waals surface area contributed by atoms with Crippen LogP contribution in [0.2, 0.25) is 0 Å². The highest BCUT2D eigenvalue weighted by atomic mass is 35.5. The SMILES string of the molecule is ClC1C[N]1. The lowest BCUT2D eigenvalue weighted by atomic mass is 11.0. The number of hydrogen-bond acceptors (Lipinski definition) is 0. The van der Waals surface area contributed by atoms with Gasteiger partial charge in [-0.1, -0.05) is 0 Å². The van der Waals surface area contributed by atoms with Gasteiger partial charge in [-0.15, -0.1) is 11.6 Å². The molecule has 0 bridgehead atoms. The normalized spacial score (nSPS) is 39.8. The van der Waals surface area contributed by atoms with Crippen LogP contribution in [0.4, 0.5) is 0 Å². The summed E-state index contributed by atoms with van der Waals surface area (Å²) < 4.78 is 0. The van der Waals surface area contributed by atoms with Gasteiger partial charge < -0.3 is 0 Å². The Balaban J connectivity index is 2.17. The Morgan fingerprint density at radius 2 is 2.25 bits per heavy atom. The van der Waals surface area contributed by atoms with E-state index >= 15 is 0 Å². The lowest BCUT2D eigenvalue weighted by molar-refractivity contribution is 1.27. The Labute approximate surface area is 30.0 Å². The van der Waals surface area contributed by atoms with Crippen LogP contribution in [0, 0.1) is 0 Å². The maximum absolute atomic E-state index is 5.22. The Morgan fingerprint density at radius 3 is 2.25 bits per heavy atom. The van der Waals surface area contributed by atoms with Gasteiger partial charge in [-0.2, -0.15) is 0 Å². The molecule has 1 atom stereocenters. The second-order valence-electron chi connectivity index (χ2n) is 0.800. The number of nitrogens with zero attached hydrogens (tertiary/aromatic N) is 1. The zero-order valence-corrected chi connectivity index (χ0v) is 2.87. The van der Waals surface area contributed by atoms with Gasteiger partial charge in [-0.3, -0.25) is 0 Å². The van der Waals surface area contributed by atoms with Gasteiger partial charge >= 0.3 is 0 Å². The molecule has 1 unspecified atom stereocenters. The third-order valence-corrected chi connectivity index (χ3v) is 0.597. The van der Waals surface area contributed by atoms with Gasteiger partial charge in [0.15, 0.2) is 0 Å². The van der Waals surface area contributed by atoms with E-state index in [9.17, 15) is 0 Å². The van der Waals surface area contributed by atoms with Crippen molar-refractivity contribution in [2.24, 2.45) is 0 Å². The minimum Gasteiger partial charge on any atom is -0.218 e. The second-order valence-corrected chi connectivity index (χ2v) is 1.30. The van der Waals surface area contributed by atoms with Crippen LogP contribution in [0.1, 0.15) is 0 Å². The summed E-state index contributed by atoms with van der Waals surface area (Å²) in [5.74, 6) is 0. The lowest BCUT2D eigenvalue weighted by Gasteiger charge is -1.47. The standard InChI is InChI=1S/C2H3ClN/c3-2-1-4-2/h2H,1H2. The molecule has 1 rings (SSSR count). The van der Waals surface area contributed by atoms with E-state index in [1.54, 1.807) is 0 Å². The Bertz CT molecular complexity index is 25.2. The molecule has 0 spiro atoms. The molecular weight excluding hydrogens is 73.5 g/mol. The van der Waals surface area contributed by atoms with Crippen molar-refractivity contribution < 1.29 is 0 Å². The second kappa shape index (κ2) is 0.597. The van der Waals surface area contributed by atoms with Crippen LogP contribution in [0.3, 0.4) is 0 Å². The van der Waals surface area contributed by atoms with Crippen LogP contribution in [0.25, 0.3) is 0 Å². The molecule has 4 heavy (non-hydrogen) atoms. The summed E-state index contributed by atoms with van der Waals surface area (Å²) in [5.41, 5.74) is 0.181. The molecule has 0 aromatic carbocycles. The van der Waals surface area contributed by atoms with Crippen molar-refractivity contribution in [1.29, 1.82) is 0 Å². The summed E-state index contributed by atoms with van der Waals surface area (Å²) in [6.45, 7) is 0.877. The predicted octanol–water partition coefficient (Wildman–Crippen LogP) is 0.169. The van der Waals surface area contributed by atoms with E-state index < -0.39 is 0 Å². The maximum Gasteiger partial charge on any atom is 0.113 e. The van der Waals surface area contributed by atoms with Crippen LogP contribution in [-0.2, 0) is 0 Å². The van der Waals surface area contributed by atoms with Crippen LogP contribution < -0.4 is 5.32 Å². The average molecular weight is 76.5 g/mol. The van der Waals surface area contributed by atoms with Crippen molar-refractivity contribution in [2.75, 3.05) is 6.54 Å². The minimum absolute atomic E-state index is 0.181. The van der Waals surface area contributed by atoms with Gasteiger partial charge in [0.2, 0.25) is 0 Å². The molecule has 1 aliphatic heterocycles. The Kier molecular flexibility index (Phi) is 0.371. The van der Waals surface area contributed by atoms with Crippen molar-refractivity contribution >= 4 is 11.6 Å². The lowest BCUT2D eigenvalue weighted by Crippen LogP contribution is -1.58. The zero-order chi connectivity index (χ0) is 2.99. The molecule has 0 aromatic heterocycles. The Morgan fingerprint density at radius 1 is 2.00 bits per heavy atom. The van der Waals surface area contributed by atoms with Crippen LogP contribution in [-0.4, -0.2) is 12.0 Å². The highest BCUT2D eigenvalue weighted by Gasteiger charge is 2.16. The maximum atomic E-state index is 5.22. The average Bonchev–Trinajstić information content (AvgIpc) is 1.75. The summed E-state index contributed by atoms with van der Waals surface area (Å²) in [6, 6.07) is 0. The van der Waals surface area contributed by atoms with E-state index in [-0.39, 0.29) is 5.50 Å². The van der Waals surface area contributed by atoms with Crippen LogP contribution in [0.5, 0.6) is 0 Å². The fraction of sp³-hybridized carbons (Fsp3) is 1.00. The third kappa shape index (κ3) is 0.333. The van der Waals surface area contributed by atoms with Crippen molar-refractivity contribution in [1.82, 2.24) is 5.32 Å². The first kappa shape index (κ1) is 2.49. The van der Waals surface area contributed by atoms with Crippen molar-refractivity contribution in [3.8, 4) is 0 Å². The number of alkyl halides is 1. The topological polar surface area (TPSA) is 14.1 Å². The number of hydrogen-bond donors (Lipinski definition) is 0. The molecule has 0 N–H and O–H groups in total. The van der Waals surface area contributed by atoms with Crippen molar-refractivity contribution in [3.05, 3.63) is 0 Å². The van der Waals surface area contributed by atoms with Gasteiger partial charge in [-0.25, -0.2) is 5.32 Å². The number of halogens is 1. The van der Waals surface area contributed by atoms with E-state index in [4.69, 9.17) is 11.6 Å². The van der Waals surface area contributed by atoms with Gasteiger partial charge in [0.1, 0.15) is 5.50 Å². The fourth-order valence-electron chi connectivity index (χ4n) is 0.0398. The molecule has 0 saturated carbocycles. The third-order valence-electron chi connectivity index (χ3n) is 0.321. The van der Waals surface area contributed by atoms with E-state index in [2.05, 4.69) is 5.32 Å². The first-order valence-corrected chi connectivity index (χ1v) is 1.64. The first-order valence-electron chi connectivity index (χ1n) is 1.20. The summed E-state index contributed by atoms with van der Waals surface area (Å²) in [6.07, 6.45) is 0. The van der Waals surface area contributed by atoms with Gasteiger partial charge in [0, 0.05) is 6.54 Å². The molecule has 0 amide bonds. The largest absolute Gasteiger partial charge is 0.218 e. The highest BCUT2D eigenvalue weighted by Crippen LogP contribution is 2.02.